The minimum Gasteiger partial charge on any atom is -0.344 e. The maximum absolute atomic E-state index is 13.8. The van der Waals surface area contributed by atoms with Crippen LogP contribution in [0.2, 0.25) is 0 Å². The number of nitrogens with zero attached hydrogens (tertiary/aromatic N) is 1. The Morgan fingerprint density at radius 1 is 1.07 bits per heavy atom. The highest BCUT2D eigenvalue weighted by atomic mass is 19.4. The van der Waals surface area contributed by atoms with E-state index in [-0.39, 0.29) is 11.6 Å². The molecule has 158 valence electrons. The molecule has 0 bridgehead atoms. The lowest BCUT2D eigenvalue weighted by atomic mass is 10.0. The van der Waals surface area contributed by atoms with Crippen molar-refractivity contribution in [2.45, 2.75) is 31.5 Å². The highest BCUT2D eigenvalue weighted by Gasteiger charge is 2.32. The summed E-state index contributed by atoms with van der Waals surface area (Å²) in [5, 5.41) is 5.98. The molecule has 1 saturated heterocycles. The second-order valence-electron chi connectivity index (χ2n) is 7.48. The fraction of sp³-hybridized carbons (Fsp3) is 0.318. The molecule has 0 spiro atoms. The van der Waals surface area contributed by atoms with E-state index in [2.05, 4.69) is 10.6 Å². The van der Waals surface area contributed by atoms with Crippen LogP contribution in [0.4, 0.5) is 28.9 Å². The number of hydrogen-bond donors (Lipinski definition) is 2. The number of benzene rings is 2. The van der Waals surface area contributed by atoms with Crippen LogP contribution in [0, 0.1) is 5.82 Å². The largest absolute Gasteiger partial charge is 0.416 e. The summed E-state index contributed by atoms with van der Waals surface area (Å²) in [4.78, 5) is 14.3. The van der Waals surface area contributed by atoms with Crippen molar-refractivity contribution in [1.29, 1.82) is 0 Å². The smallest absolute Gasteiger partial charge is 0.344 e. The number of anilines is 2. The third kappa shape index (κ3) is 4.18. The topological polar surface area (TPSA) is 44.4 Å². The monoisotopic (exact) mass is 419 g/mol. The highest BCUT2D eigenvalue weighted by molar-refractivity contribution is 6.31. The summed E-state index contributed by atoms with van der Waals surface area (Å²) in [6.45, 7) is 1.55. The number of amides is 1. The Morgan fingerprint density at radius 2 is 1.90 bits per heavy atom. The second-order valence-corrected chi connectivity index (χ2v) is 7.48. The average molecular weight is 419 g/mol. The Balaban J connectivity index is 1.80. The molecule has 2 N–H and O–H groups in total. The number of hydrogen-bond acceptors (Lipinski definition) is 3. The first-order chi connectivity index (χ1) is 14.3. The number of carbonyl (C=O) groups is 1. The van der Waals surface area contributed by atoms with Gasteiger partial charge in [0, 0.05) is 29.2 Å². The van der Waals surface area contributed by atoms with Gasteiger partial charge in [-0.1, -0.05) is 6.07 Å². The Bertz CT molecular complexity index is 979. The predicted octanol–water partition coefficient (Wildman–Crippen LogP) is 4.79. The van der Waals surface area contributed by atoms with Crippen molar-refractivity contribution in [2.24, 2.45) is 0 Å². The number of nitrogens with one attached hydrogen (secondary N) is 2. The molecule has 1 unspecified atom stereocenters. The molecule has 2 heterocycles. The zero-order chi connectivity index (χ0) is 21.3. The van der Waals surface area contributed by atoms with Gasteiger partial charge in [-0.3, -0.25) is 4.79 Å². The molecule has 0 aromatic heterocycles. The van der Waals surface area contributed by atoms with Crippen molar-refractivity contribution >= 4 is 22.9 Å². The van der Waals surface area contributed by atoms with Crippen LogP contribution in [0.15, 0.2) is 48.7 Å². The molecular formula is C22H21F4N3O. The molecule has 2 aromatic carbocycles. The highest BCUT2D eigenvalue weighted by Crippen LogP contribution is 2.36. The van der Waals surface area contributed by atoms with E-state index >= 15 is 0 Å². The van der Waals surface area contributed by atoms with Crippen LogP contribution >= 0.6 is 0 Å². The summed E-state index contributed by atoms with van der Waals surface area (Å²) in [7, 11) is 0. The first kappa shape index (κ1) is 20.4. The van der Waals surface area contributed by atoms with Crippen molar-refractivity contribution in [1.82, 2.24) is 5.32 Å². The van der Waals surface area contributed by atoms with E-state index in [1.807, 2.05) is 0 Å². The van der Waals surface area contributed by atoms with Crippen molar-refractivity contribution in [3.8, 4) is 0 Å². The minimum atomic E-state index is -4.47. The molecule has 2 aliphatic rings. The number of halogens is 4. The van der Waals surface area contributed by atoms with Gasteiger partial charge in [-0.2, -0.15) is 13.2 Å². The fourth-order valence-corrected chi connectivity index (χ4v) is 3.94. The SMILES string of the molecule is O=C1Nc2ccc(F)cc2/C1=C\N(c1cccc(C(F)(F)F)c1)C1CCCNCC1. The normalized spacial score (nSPS) is 20.6. The van der Waals surface area contributed by atoms with Crippen molar-refractivity contribution in [3.63, 3.8) is 0 Å². The molecule has 1 amide bonds. The summed E-state index contributed by atoms with van der Waals surface area (Å²) in [6.07, 6.45) is -0.588. The number of carbonyl (C=O) groups excluding carboxylic acids is 1. The van der Waals surface area contributed by atoms with E-state index in [0.29, 0.717) is 23.4 Å². The molecule has 1 fully saturated rings. The predicted molar refractivity (Wildman–Crippen MR) is 107 cm³/mol. The number of alkyl halides is 3. The Labute approximate surface area is 171 Å². The zero-order valence-corrected chi connectivity index (χ0v) is 16.1. The summed E-state index contributed by atoms with van der Waals surface area (Å²) in [6, 6.07) is 8.98. The molecule has 1 atom stereocenters. The molecule has 0 saturated carbocycles. The summed E-state index contributed by atoms with van der Waals surface area (Å²) >= 11 is 0. The quantitative estimate of drug-likeness (QED) is 0.556. The van der Waals surface area contributed by atoms with Gasteiger partial charge in [0.2, 0.25) is 0 Å². The summed E-state index contributed by atoms with van der Waals surface area (Å²) in [5.41, 5.74) is 0.723. The molecule has 30 heavy (non-hydrogen) atoms. The first-order valence-corrected chi connectivity index (χ1v) is 9.82. The maximum atomic E-state index is 13.8. The molecule has 2 aromatic rings. The molecule has 0 aliphatic carbocycles. The van der Waals surface area contributed by atoms with Crippen LogP contribution in [0.5, 0.6) is 0 Å². The van der Waals surface area contributed by atoms with Gasteiger partial charge in [-0.25, -0.2) is 4.39 Å². The van der Waals surface area contributed by atoms with Crippen LogP contribution in [0.3, 0.4) is 0 Å². The van der Waals surface area contributed by atoms with Crippen molar-refractivity contribution < 1.29 is 22.4 Å². The van der Waals surface area contributed by atoms with E-state index in [1.54, 1.807) is 17.2 Å². The summed E-state index contributed by atoms with van der Waals surface area (Å²) in [5.74, 6) is -0.889. The van der Waals surface area contributed by atoms with E-state index in [4.69, 9.17) is 0 Å². The number of fused-ring (bicyclic) bond motifs is 1. The van der Waals surface area contributed by atoms with E-state index < -0.39 is 23.5 Å². The molecule has 8 heteroatoms. The van der Waals surface area contributed by atoms with E-state index in [1.165, 1.54) is 24.3 Å². The molecule has 4 nitrogen and oxygen atoms in total. The van der Waals surface area contributed by atoms with Crippen LogP contribution in [0.25, 0.3) is 5.57 Å². The maximum Gasteiger partial charge on any atom is 0.416 e. The Kier molecular flexibility index (Phi) is 5.51. The molecular weight excluding hydrogens is 398 g/mol. The lowest BCUT2D eigenvalue weighted by Crippen LogP contribution is -2.32. The van der Waals surface area contributed by atoms with E-state index in [0.717, 1.165) is 38.1 Å². The van der Waals surface area contributed by atoms with Crippen LogP contribution < -0.4 is 15.5 Å². The molecule has 2 aliphatic heterocycles. The van der Waals surface area contributed by atoms with Gasteiger partial charge in [0.05, 0.1) is 11.1 Å². The Hall–Kier alpha value is -2.87. The van der Waals surface area contributed by atoms with Gasteiger partial charge in [-0.15, -0.1) is 0 Å². The fourth-order valence-electron chi connectivity index (χ4n) is 3.94. The summed E-state index contributed by atoms with van der Waals surface area (Å²) < 4.78 is 53.7. The Morgan fingerprint density at radius 3 is 2.70 bits per heavy atom. The van der Waals surface area contributed by atoms with Crippen LogP contribution in [-0.2, 0) is 11.0 Å². The third-order valence-corrected chi connectivity index (χ3v) is 5.44. The van der Waals surface area contributed by atoms with Gasteiger partial charge in [-0.05, 0) is 68.8 Å². The molecule has 0 radical (unpaired) electrons. The first-order valence-electron chi connectivity index (χ1n) is 9.82. The van der Waals surface area contributed by atoms with Gasteiger partial charge >= 0.3 is 6.18 Å². The average Bonchev–Trinajstić information content (AvgIpc) is 2.87. The van der Waals surface area contributed by atoms with Gasteiger partial charge in [0.1, 0.15) is 5.82 Å². The van der Waals surface area contributed by atoms with Crippen molar-refractivity contribution in [2.75, 3.05) is 23.3 Å². The van der Waals surface area contributed by atoms with Crippen LogP contribution in [-0.4, -0.2) is 25.0 Å². The lowest BCUT2D eigenvalue weighted by molar-refractivity contribution is -0.137. The van der Waals surface area contributed by atoms with E-state index in [9.17, 15) is 22.4 Å². The van der Waals surface area contributed by atoms with Gasteiger partial charge < -0.3 is 15.5 Å². The minimum absolute atomic E-state index is 0.0959. The van der Waals surface area contributed by atoms with Crippen LogP contribution in [0.1, 0.15) is 30.4 Å². The zero-order valence-electron chi connectivity index (χ0n) is 16.1. The standard InChI is InChI=1S/C22H21F4N3O/c23-15-6-7-20-18(12-15)19(21(30)28-20)13-29(16-5-2-9-27-10-8-16)17-4-1-3-14(11-17)22(24,25)26/h1,3-4,6-7,11-13,16,27H,2,5,8-10H2,(H,28,30)/b19-13+. The lowest BCUT2D eigenvalue weighted by Gasteiger charge is -2.31. The van der Waals surface area contributed by atoms with Gasteiger partial charge in [0.15, 0.2) is 0 Å². The molecule has 4 rings (SSSR count). The third-order valence-electron chi connectivity index (χ3n) is 5.44. The van der Waals surface area contributed by atoms with Crippen molar-refractivity contribution in [3.05, 3.63) is 65.6 Å². The number of rotatable bonds is 3. The second kappa shape index (κ2) is 8.10. The van der Waals surface area contributed by atoms with Gasteiger partial charge in [0.25, 0.3) is 5.91 Å².